The van der Waals surface area contributed by atoms with Gasteiger partial charge in [-0.2, -0.15) is 0 Å². The van der Waals surface area contributed by atoms with E-state index in [1.807, 2.05) is 33.1 Å². The zero-order valence-corrected chi connectivity index (χ0v) is 27.1. The van der Waals surface area contributed by atoms with Crippen LogP contribution in [-0.2, 0) is 6.54 Å². The van der Waals surface area contributed by atoms with E-state index in [1.165, 1.54) is 36.9 Å². The molecule has 0 radical (unpaired) electrons. The Hall–Kier alpha value is -1.94. The van der Waals surface area contributed by atoms with Crippen molar-refractivity contribution in [2.75, 3.05) is 19.3 Å². The van der Waals surface area contributed by atoms with Crippen molar-refractivity contribution in [3.05, 3.63) is 49.9 Å². The van der Waals surface area contributed by atoms with Crippen molar-refractivity contribution < 1.29 is 14.3 Å². The topological polar surface area (TPSA) is 83.7 Å². The minimum Gasteiger partial charge on any atom is -0.448 e. The molecule has 1 saturated carbocycles. The summed E-state index contributed by atoms with van der Waals surface area (Å²) in [5.41, 5.74) is 2.25. The summed E-state index contributed by atoms with van der Waals surface area (Å²) in [7, 11) is -0.973. The van der Waals surface area contributed by atoms with Crippen LogP contribution in [-0.4, -0.2) is 55.0 Å². The zero-order valence-electron chi connectivity index (χ0n) is 24.5. The summed E-state index contributed by atoms with van der Waals surface area (Å²) in [4.78, 5) is 32.2. The number of amides is 1. The fourth-order valence-corrected chi connectivity index (χ4v) is 9.48. The number of fused-ring (bicyclic) bond motifs is 1. The van der Waals surface area contributed by atoms with Gasteiger partial charge in [0.15, 0.2) is 11.5 Å². The van der Waals surface area contributed by atoms with Crippen LogP contribution in [0.3, 0.4) is 0 Å². The fraction of sp³-hybridized carbons (Fsp3) is 0.600. The number of aryl methyl sites for hydroxylation is 1. The van der Waals surface area contributed by atoms with Gasteiger partial charge in [-0.05, 0) is 83.1 Å². The van der Waals surface area contributed by atoms with Crippen LogP contribution in [0, 0.1) is 19.8 Å². The Kier molecular flexibility index (Phi) is 8.41. The maximum absolute atomic E-state index is 13.3. The Morgan fingerprint density at radius 2 is 1.80 bits per heavy atom. The zero-order chi connectivity index (χ0) is 28.8. The molecule has 1 aromatic carbocycles. The van der Waals surface area contributed by atoms with Gasteiger partial charge < -0.3 is 24.7 Å². The average molecular weight is 604 g/mol. The van der Waals surface area contributed by atoms with Crippen molar-refractivity contribution in [2.24, 2.45) is 5.92 Å². The molecule has 0 spiro atoms. The molecular formula is C30H42ClN3O4SSi. The molecule has 1 atom stereocenters. The van der Waals surface area contributed by atoms with E-state index < -0.39 is 13.9 Å². The summed E-state index contributed by atoms with van der Waals surface area (Å²) in [6.45, 7) is 13.4. The van der Waals surface area contributed by atoms with E-state index in [9.17, 15) is 9.59 Å². The summed E-state index contributed by atoms with van der Waals surface area (Å²) in [6.07, 6.45) is 6.31. The first kappa shape index (κ1) is 29.5. The number of aromatic nitrogens is 1. The van der Waals surface area contributed by atoms with Gasteiger partial charge in [-0.3, -0.25) is 9.59 Å². The molecule has 40 heavy (non-hydrogen) atoms. The fourth-order valence-electron chi connectivity index (χ4n) is 6.51. The first-order chi connectivity index (χ1) is 18.9. The molecule has 2 aromatic rings. The number of nitrogens with zero attached hydrogens (tertiary/aromatic N) is 1. The van der Waals surface area contributed by atoms with E-state index in [1.54, 1.807) is 6.07 Å². The van der Waals surface area contributed by atoms with Gasteiger partial charge >= 0.3 is 0 Å². The Balaban J connectivity index is 1.26. The average Bonchev–Trinajstić information content (AvgIpc) is 3.29. The van der Waals surface area contributed by atoms with Crippen LogP contribution < -0.4 is 20.3 Å². The SMILES string of the molecule is CSc1cc(C)[nH]c(=O)c1CNC(=O)c1cc(Cl)c2c(c1C)O[C@](C)([C@H]1CC[C@H](N3CC[Si](C)(C)CC3)CC1)O2. The first-order valence-corrected chi connectivity index (χ1v) is 19.4. The van der Waals surface area contributed by atoms with Gasteiger partial charge in [-0.25, -0.2) is 0 Å². The molecule has 1 aromatic heterocycles. The molecule has 2 aliphatic heterocycles. The number of H-pyrrole nitrogens is 1. The highest BCUT2D eigenvalue weighted by Gasteiger charge is 2.48. The number of hydrogen-bond acceptors (Lipinski definition) is 6. The lowest BCUT2D eigenvalue weighted by Crippen LogP contribution is -2.50. The first-order valence-electron chi connectivity index (χ1n) is 14.4. The van der Waals surface area contributed by atoms with Gasteiger partial charge in [-0.15, -0.1) is 11.8 Å². The molecular weight excluding hydrogens is 562 g/mol. The van der Waals surface area contributed by atoms with Crippen molar-refractivity contribution in [3.63, 3.8) is 0 Å². The molecule has 0 unspecified atom stereocenters. The normalized spacial score (nSPS) is 26.1. The van der Waals surface area contributed by atoms with Gasteiger partial charge in [-0.1, -0.05) is 24.7 Å². The third-order valence-electron chi connectivity index (χ3n) is 9.27. The van der Waals surface area contributed by atoms with Gasteiger partial charge in [0.25, 0.3) is 17.3 Å². The van der Waals surface area contributed by atoms with Crippen molar-refractivity contribution in [1.82, 2.24) is 15.2 Å². The molecule has 7 nitrogen and oxygen atoms in total. The van der Waals surface area contributed by atoms with Crippen molar-refractivity contribution >= 4 is 37.3 Å². The Labute approximate surface area is 247 Å². The highest BCUT2D eigenvalue weighted by Crippen LogP contribution is 2.52. The van der Waals surface area contributed by atoms with Crippen molar-refractivity contribution in [3.8, 4) is 11.5 Å². The molecule has 3 heterocycles. The second kappa shape index (κ2) is 11.4. The highest BCUT2D eigenvalue weighted by atomic mass is 35.5. The number of rotatable bonds is 6. The van der Waals surface area contributed by atoms with Crippen molar-refractivity contribution in [1.29, 1.82) is 0 Å². The summed E-state index contributed by atoms with van der Waals surface area (Å²) in [5, 5.41) is 3.27. The van der Waals surface area contributed by atoms with E-state index in [0.717, 1.165) is 36.3 Å². The Morgan fingerprint density at radius 1 is 1.15 bits per heavy atom. The van der Waals surface area contributed by atoms with Crippen LogP contribution in [0.25, 0.3) is 0 Å². The third-order valence-corrected chi connectivity index (χ3v) is 13.5. The van der Waals surface area contributed by atoms with E-state index in [4.69, 9.17) is 21.1 Å². The predicted octanol–water partition coefficient (Wildman–Crippen LogP) is 6.37. The number of pyridine rings is 1. The molecule has 1 aliphatic carbocycles. The van der Waals surface area contributed by atoms with Gasteiger partial charge in [0, 0.05) is 60.8 Å². The number of carbonyl (C=O) groups excluding carboxylic acids is 1. The number of aromatic amines is 1. The largest absolute Gasteiger partial charge is 0.448 e. The summed E-state index contributed by atoms with van der Waals surface area (Å²) >= 11 is 8.15. The van der Waals surface area contributed by atoms with Gasteiger partial charge in [0.1, 0.15) is 0 Å². The number of benzene rings is 1. The van der Waals surface area contributed by atoms with Gasteiger partial charge in [0.05, 0.1) is 5.02 Å². The van der Waals surface area contributed by atoms with Crippen LogP contribution in [0.5, 0.6) is 11.5 Å². The predicted molar refractivity (Wildman–Crippen MR) is 165 cm³/mol. The molecule has 2 fully saturated rings. The van der Waals surface area contributed by atoms with E-state index in [2.05, 4.69) is 28.3 Å². The Morgan fingerprint density at radius 3 is 2.45 bits per heavy atom. The second-order valence-electron chi connectivity index (χ2n) is 12.6. The number of hydrogen-bond donors (Lipinski definition) is 2. The quantitative estimate of drug-likeness (QED) is 0.295. The van der Waals surface area contributed by atoms with E-state index in [0.29, 0.717) is 39.3 Å². The molecule has 0 bridgehead atoms. The summed E-state index contributed by atoms with van der Waals surface area (Å²) in [5.74, 6) is 0.194. The number of halogens is 1. The van der Waals surface area contributed by atoms with Crippen molar-refractivity contribution in [2.45, 2.75) is 94.9 Å². The van der Waals surface area contributed by atoms with Gasteiger partial charge in [0.2, 0.25) is 0 Å². The van der Waals surface area contributed by atoms with E-state index in [-0.39, 0.29) is 23.9 Å². The summed E-state index contributed by atoms with van der Waals surface area (Å²) < 4.78 is 13.0. The minimum absolute atomic E-state index is 0.119. The third kappa shape index (κ3) is 5.85. The lowest BCUT2D eigenvalue weighted by Gasteiger charge is -2.44. The van der Waals surface area contributed by atoms with Crippen LogP contribution in [0.4, 0.5) is 0 Å². The molecule has 218 valence electrons. The highest BCUT2D eigenvalue weighted by molar-refractivity contribution is 7.98. The maximum Gasteiger partial charge on any atom is 0.254 e. The lowest BCUT2D eigenvalue weighted by atomic mass is 9.80. The molecule has 1 amide bonds. The minimum atomic E-state index is -0.973. The maximum atomic E-state index is 13.3. The number of carbonyl (C=O) groups is 1. The summed E-state index contributed by atoms with van der Waals surface area (Å²) in [6, 6.07) is 7.02. The molecule has 2 N–H and O–H groups in total. The van der Waals surface area contributed by atoms with E-state index >= 15 is 0 Å². The van der Waals surface area contributed by atoms with Crippen LogP contribution in [0.15, 0.2) is 21.8 Å². The molecule has 10 heteroatoms. The number of nitrogens with one attached hydrogen (secondary N) is 2. The molecule has 3 aliphatic rings. The number of thioether (sulfide) groups is 1. The Bertz CT molecular complexity index is 1350. The van der Waals surface area contributed by atoms with Crippen LogP contribution in [0.1, 0.15) is 59.8 Å². The smallest absolute Gasteiger partial charge is 0.254 e. The second-order valence-corrected chi connectivity index (χ2v) is 19.2. The molecule has 1 saturated heterocycles. The molecule has 5 rings (SSSR count). The standard InChI is InChI=1S/C30H42ClN3O4SSi/c1-18-15-25(39-4)23(29(36)33-18)17-32-28(35)22-16-24(31)27-26(19(22)2)37-30(3,38-27)20-7-9-21(10-8-20)34-11-13-40(5,6)14-12-34/h15-16,20-21H,7-14,17H2,1-6H3,(H,32,35)(H,33,36)/t20-,21-,30-/m0/s1. The lowest BCUT2D eigenvalue weighted by molar-refractivity contribution is -0.124. The van der Waals surface area contributed by atoms with Crippen LogP contribution in [0.2, 0.25) is 30.2 Å². The van der Waals surface area contributed by atoms with Crippen LogP contribution >= 0.6 is 23.4 Å². The monoisotopic (exact) mass is 603 g/mol. The number of ether oxygens (including phenoxy) is 2.